The Bertz CT molecular complexity index is 986. The smallest absolute Gasteiger partial charge is 0.255 e. The molecule has 0 unspecified atom stereocenters. The van der Waals surface area contributed by atoms with E-state index in [2.05, 4.69) is 44.7 Å². The third-order valence-corrected chi connectivity index (χ3v) is 4.10. The molecular formula is C21H15IN2O. The van der Waals surface area contributed by atoms with Crippen LogP contribution in [-0.4, -0.2) is 10.9 Å². The number of benzene rings is 2. The van der Waals surface area contributed by atoms with Gasteiger partial charge in [-0.2, -0.15) is 0 Å². The Morgan fingerprint density at radius 2 is 1.80 bits per heavy atom. The number of carbonyl (C=O) groups excluding carboxylic acids is 1. The number of amides is 1. The highest BCUT2D eigenvalue weighted by atomic mass is 127. The van der Waals surface area contributed by atoms with Crippen molar-refractivity contribution in [3.63, 3.8) is 0 Å². The van der Waals surface area contributed by atoms with Crippen molar-refractivity contribution in [1.82, 2.24) is 4.98 Å². The molecule has 0 atom stereocenters. The van der Waals surface area contributed by atoms with Crippen molar-refractivity contribution < 1.29 is 4.79 Å². The molecule has 2 aromatic carbocycles. The van der Waals surface area contributed by atoms with E-state index < -0.39 is 0 Å². The maximum Gasteiger partial charge on any atom is 0.255 e. The molecule has 1 N–H and O–H groups in total. The molecule has 0 saturated heterocycles. The number of hydrogen-bond acceptors (Lipinski definition) is 2. The van der Waals surface area contributed by atoms with Gasteiger partial charge in [0, 0.05) is 26.1 Å². The van der Waals surface area contributed by atoms with Gasteiger partial charge in [0.15, 0.2) is 0 Å². The summed E-state index contributed by atoms with van der Waals surface area (Å²) < 4.78 is 1.02. The van der Waals surface area contributed by atoms with Gasteiger partial charge in [-0.1, -0.05) is 24.1 Å². The Hall–Kier alpha value is -2.65. The molecule has 3 rings (SSSR count). The molecule has 25 heavy (non-hydrogen) atoms. The molecule has 4 heteroatoms. The fourth-order valence-corrected chi connectivity index (χ4v) is 2.80. The summed E-state index contributed by atoms with van der Waals surface area (Å²) in [4.78, 5) is 16.7. The van der Waals surface area contributed by atoms with E-state index in [1.165, 1.54) is 0 Å². The van der Waals surface area contributed by atoms with E-state index in [1.807, 2.05) is 67.6 Å². The van der Waals surface area contributed by atoms with Gasteiger partial charge in [-0.3, -0.25) is 4.79 Å². The minimum absolute atomic E-state index is 0.135. The van der Waals surface area contributed by atoms with E-state index in [0.717, 1.165) is 20.5 Å². The van der Waals surface area contributed by atoms with Crippen LogP contribution in [0.3, 0.4) is 0 Å². The third-order valence-electron chi connectivity index (χ3n) is 3.43. The van der Waals surface area contributed by atoms with Crippen LogP contribution in [0.5, 0.6) is 0 Å². The zero-order chi connectivity index (χ0) is 17.6. The number of anilines is 1. The number of hydrogen-bond donors (Lipinski definition) is 1. The van der Waals surface area contributed by atoms with Crippen LogP contribution in [0.1, 0.15) is 27.3 Å². The molecular weight excluding hydrogens is 423 g/mol. The summed E-state index contributed by atoms with van der Waals surface area (Å²) in [7, 11) is 0. The average Bonchev–Trinajstić information content (AvgIpc) is 2.60. The van der Waals surface area contributed by atoms with Crippen molar-refractivity contribution in [2.75, 3.05) is 5.32 Å². The fourth-order valence-electron chi connectivity index (χ4n) is 2.26. The Balaban J connectivity index is 1.77. The quantitative estimate of drug-likeness (QED) is 0.468. The van der Waals surface area contributed by atoms with E-state index in [-0.39, 0.29) is 5.91 Å². The van der Waals surface area contributed by atoms with Gasteiger partial charge in [-0.15, -0.1) is 0 Å². The normalized spacial score (nSPS) is 9.84. The summed E-state index contributed by atoms with van der Waals surface area (Å²) in [5.41, 5.74) is 3.84. The molecule has 0 aliphatic carbocycles. The first-order valence-electron chi connectivity index (χ1n) is 7.73. The monoisotopic (exact) mass is 438 g/mol. The number of halogens is 1. The topological polar surface area (TPSA) is 42.0 Å². The van der Waals surface area contributed by atoms with Gasteiger partial charge in [0.05, 0.1) is 0 Å². The molecule has 0 aliphatic rings. The second-order valence-corrected chi connectivity index (χ2v) is 6.71. The molecule has 0 aliphatic heterocycles. The van der Waals surface area contributed by atoms with E-state index >= 15 is 0 Å². The highest BCUT2D eigenvalue weighted by Gasteiger charge is 2.06. The third kappa shape index (κ3) is 4.91. The van der Waals surface area contributed by atoms with Crippen LogP contribution in [0, 0.1) is 22.3 Å². The molecule has 1 heterocycles. The molecule has 0 radical (unpaired) electrons. The van der Waals surface area contributed by atoms with E-state index in [9.17, 15) is 4.79 Å². The maximum atomic E-state index is 12.3. The summed E-state index contributed by atoms with van der Waals surface area (Å²) in [5.74, 6) is 6.00. The Labute approximate surface area is 160 Å². The van der Waals surface area contributed by atoms with Crippen LogP contribution < -0.4 is 5.32 Å². The molecule has 3 aromatic rings. The number of aryl methyl sites for hydroxylation is 1. The number of aromatic nitrogens is 1. The lowest BCUT2D eigenvalue weighted by Gasteiger charge is -2.06. The van der Waals surface area contributed by atoms with Crippen molar-refractivity contribution in [2.45, 2.75) is 6.92 Å². The van der Waals surface area contributed by atoms with Gasteiger partial charge < -0.3 is 5.32 Å². The van der Waals surface area contributed by atoms with Gasteiger partial charge >= 0.3 is 0 Å². The average molecular weight is 438 g/mol. The van der Waals surface area contributed by atoms with Gasteiger partial charge in [0.1, 0.15) is 5.69 Å². The fraction of sp³-hybridized carbons (Fsp3) is 0.0476. The Kier molecular flexibility index (Phi) is 5.46. The van der Waals surface area contributed by atoms with E-state index in [4.69, 9.17) is 0 Å². The highest BCUT2D eigenvalue weighted by molar-refractivity contribution is 14.1. The van der Waals surface area contributed by atoms with E-state index in [1.54, 1.807) is 6.07 Å². The first kappa shape index (κ1) is 17.2. The molecule has 0 bridgehead atoms. The van der Waals surface area contributed by atoms with Gasteiger partial charge in [0.2, 0.25) is 0 Å². The molecule has 3 nitrogen and oxygen atoms in total. The largest absolute Gasteiger partial charge is 0.322 e. The van der Waals surface area contributed by atoms with Crippen LogP contribution in [0.25, 0.3) is 0 Å². The molecule has 0 saturated carbocycles. The molecule has 1 aromatic heterocycles. The predicted molar refractivity (Wildman–Crippen MR) is 109 cm³/mol. The van der Waals surface area contributed by atoms with Crippen LogP contribution >= 0.6 is 22.6 Å². The second-order valence-electron chi connectivity index (χ2n) is 5.46. The number of carbonyl (C=O) groups is 1. The van der Waals surface area contributed by atoms with Crippen molar-refractivity contribution in [1.29, 1.82) is 0 Å². The lowest BCUT2D eigenvalue weighted by atomic mass is 10.1. The van der Waals surface area contributed by atoms with Crippen molar-refractivity contribution in [3.8, 4) is 11.8 Å². The molecule has 1 amide bonds. The highest BCUT2D eigenvalue weighted by Crippen LogP contribution is 2.13. The zero-order valence-corrected chi connectivity index (χ0v) is 15.7. The number of nitrogens with one attached hydrogen (secondary N) is 1. The lowest BCUT2D eigenvalue weighted by Crippen LogP contribution is -2.11. The maximum absolute atomic E-state index is 12.3. The van der Waals surface area contributed by atoms with Crippen LogP contribution in [0.4, 0.5) is 5.69 Å². The Morgan fingerprint density at radius 3 is 2.60 bits per heavy atom. The lowest BCUT2D eigenvalue weighted by molar-refractivity contribution is 0.102. The van der Waals surface area contributed by atoms with Crippen molar-refractivity contribution in [3.05, 3.63) is 92.8 Å². The summed E-state index contributed by atoms with van der Waals surface area (Å²) in [6, 6.07) is 20.7. The second kappa shape index (κ2) is 7.95. The Morgan fingerprint density at radius 1 is 1.00 bits per heavy atom. The first-order chi connectivity index (χ1) is 12.1. The number of pyridine rings is 1. The van der Waals surface area contributed by atoms with Gasteiger partial charge in [0.25, 0.3) is 5.91 Å². The van der Waals surface area contributed by atoms with Crippen LogP contribution in [-0.2, 0) is 0 Å². The standard InChI is InChI=1S/C21H15IN2O/c1-15-5-2-9-19(23-15)12-11-16-6-3-10-20(13-16)24-21(25)17-7-4-8-18(22)14-17/h2-10,13-14H,1H3,(H,24,25). The minimum Gasteiger partial charge on any atom is -0.322 e. The molecule has 0 spiro atoms. The summed E-state index contributed by atoms with van der Waals surface area (Å²) >= 11 is 2.19. The van der Waals surface area contributed by atoms with Gasteiger partial charge in [-0.25, -0.2) is 4.98 Å². The summed E-state index contributed by atoms with van der Waals surface area (Å²) in [6.45, 7) is 1.94. The zero-order valence-electron chi connectivity index (χ0n) is 13.6. The SMILES string of the molecule is Cc1cccc(C#Cc2cccc(NC(=O)c3cccc(I)c3)c2)n1. The van der Waals surface area contributed by atoms with Crippen LogP contribution in [0.15, 0.2) is 66.7 Å². The van der Waals surface area contributed by atoms with Crippen LogP contribution in [0.2, 0.25) is 0 Å². The predicted octanol–water partition coefficient (Wildman–Crippen LogP) is 4.65. The van der Waals surface area contributed by atoms with Crippen molar-refractivity contribution in [2.24, 2.45) is 0 Å². The molecule has 0 fully saturated rings. The first-order valence-corrected chi connectivity index (χ1v) is 8.81. The number of rotatable bonds is 2. The summed E-state index contributed by atoms with van der Waals surface area (Å²) in [6.07, 6.45) is 0. The van der Waals surface area contributed by atoms with E-state index in [0.29, 0.717) is 11.3 Å². The summed E-state index contributed by atoms with van der Waals surface area (Å²) in [5, 5.41) is 2.91. The number of nitrogens with zero attached hydrogens (tertiary/aromatic N) is 1. The molecule has 122 valence electrons. The minimum atomic E-state index is -0.135. The van der Waals surface area contributed by atoms with Crippen molar-refractivity contribution >= 4 is 34.2 Å². The van der Waals surface area contributed by atoms with Gasteiger partial charge in [-0.05, 0) is 84.0 Å².